The summed E-state index contributed by atoms with van der Waals surface area (Å²) in [7, 11) is 0. The van der Waals surface area contributed by atoms with Gasteiger partial charge in [-0.3, -0.25) is 4.79 Å². The lowest BCUT2D eigenvalue weighted by Crippen LogP contribution is -2.45. The summed E-state index contributed by atoms with van der Waals surface area (Å²) in [6.07, 6.45) is 0.121. The zero-order valence-electron chi connectivity index (χ0n) is 19.4. The average Bonchev–Trinajstić information content (AvgIpc) is 3.32. The SMILES string of the molecule is Cc1c(N)nc(Nc2ccc3c(c2)[C@@H]2NC(=O)O[C@@H]2C3)nc1-c1ccc2c(c1)NC(=O)C(C)(C)O2. The molecule has 2 atom stereocenters. The molecule has 178 valence electrons. The molecule has 1 fully saturated rings. The van der Waals surface area contributed by atoms with E-state index in [-0.39, 0.29) is 18.1 Å². The Hall–Kier alpha value is -4.34. The van der Waals surface area contributed by atoms with Crippen LogP contribution in [0.15, 0.2) is 36.4 Å². The Balaban J connectivity index is 1.32. The van der Waals surface area contributed by atoms with Crippen LogP contribution >= 0.6 is 0 Å². The highest BCUT2D eigenvalue weighted by molar-refractivity contribution is 6.00. The fourth-order valence-electron chi connectivity index (χ4n) is 4.72. The number of hydrogen-bond acceptors (Lipinski definition) is 8. The molecule has 0 radical (unpaired) electrons. The van der Waals surface area contributed by atoms with E-state index in [1.807, 2.05) is 43.3 Å². The lowest BCUT2D eigenvalue weighted by molar-refractivity contribution is -0.129. The Morgan fingerprint density at radius 1 is 1.14 bits per heavy atom. The monoisotopic (exact) mass is 472 g/mol. The normalized spacial score (nSPS) is 21.1. The molecule has 1 aliphatic carbocycles. The van der Waals surface area contributed by atoms with E-state index in [1.54, 1.807) is 13.8 Å². The molecule has 0 bridgehead atoms. The van der Waals surface area contributed by atoms with Crippen LogP contribution in [0.3, 0.4) is 0 Å². The summed E-state index contributed by atoms with van der Waals surface area (Å²) >= 11 is 0. The van der Waals surface area contributed by atoms with Gasteiger partial charge in [0.25, 0.3) is 5.91 Å². The second-order valence-corrected chi connectivity index (χ2v) is 9.49. The Morgan fingerprint density at radius 2 is 1.97 bits per heavy atom. The number of ether oxygens (including phenoxy) is 2. The number of aromatic nitrogens is 2. The van der Waals surface area contributed by atoms with E-state index >= 15 is 0 Å². The minimum Gasteiger partial charge on any atom is -0.476 e. The zero-order chi connectivity index (χ0) is 24.5. The van der Waals surface area contributed by atoms with E-state index in [4.69, 9.17) is 20.2 Å². The molecule has 2 aromatic carbocycles. The first kappa shape index (κ1) is 21.2. The second-order valence-electron chi connectivity index (χ2n) is 9.49. The van der Waals surface area contributed by atoms with E-state index < -0.39 is 11.7 Å². The summed E-state index contributed by atoms with van der Waals surface area (Å²) in [6, 6.07) is 11.3. The molecule has 10 nitrogen and oxygen atoms in total. The highest BCUT2D eigenvalue weighted by Gasteiger charge is 2.41. The van der Waals surface area contributed by atoms with E-state index in [9.17, 15) is 9.59 Å². The predicted molar refractivity (Wildman–Crippen MR) is 130 cm³/mol. The molecule has 1 saturated heterocycles. The van der Waals surface area contributed by atoms with E-state index in [2.05, 4.69) is 20.9 Å². The van der Waals surface area contributed by atoms with E-state index in [0.29, 0.717) is 35.3 Å². The molecule has 0 unspecified atom stereocenters. The van der Waals surface area contributed by atoms with Gasteiger partial charge in [-0.15, -0.1) is 0 Å². The number of nitrogens with two attached hydrogens (primary N) is 1. The van der Waals surface area contributed by atoms with Gasteiger partial charge < -0.3 is 31.2 Å². The summed E-state index contributed by atoms with van der Waals surface area (Å²) in [5.41, 5.74) is 10.9. The van der Waals surface area contributed by atoms with Crippen LogP contribution in [0.4, 0.5) is 27.9 Å². The van der Waals surface area contributed by atoms with Crippen LogP contribution in [0.5, 0.6) is 5.75 Å². The lowest BCUT2D eigenvalue weighted by Gasteiger charge is -2.31. The van der Waals surface area contributed by atoms with E-state index in [1.165, 1.54) is 0 Å². The smallest absolute Gasteiger partial charge is 0.408 e. The molecular weight excluding hydrogens is 448 g/mol. The first-order valence-corrected chi connectivity index (χ1v) is 11.3. The molecule has 0 saturated carbocycles. The number of rotatable bonds is 3. The molecule has 3 heterocycles. The number of nitrogen functional groups attached to an aromatic ring is 1. The minimum atomic E-state index is -0.940. The Labute approximate surface area is 201 Å². The molecule has 6 rings (SSSR count). The van der Waals surface area contributed by atoms with Crippen LogP contribution in [0.25, 0.3) is 11.3 Å². The molecule has 10 heteroatoms. The van der Waals surface area contributed by atoms with Crippen LogP contribution < -0.4 is 26.4 Å². The van der Waals surface area contributed by atoms with Gasteiger partial charge in [0.15, 0.2) is 5.60 Å². The molecule has 3 aliphatic rings. The van der Waals surface area contributed by atoms with Crippen molar-refractivity contribution in [2.24, 2.45) is 0 Å². The molecule has 2 aliphatic heterocycles. The molecule has 35 heavy (non-hydrogen) atoms. The maximum atomic E-state index is 12.3. The molecule has 5 N–H and O–H groups in total. The number of fused-ring (bicyclic) bond motifs is 4. The van der Waals surface area contributed by atoms with Crippen molar-refractivity contribution in [2.45, 2.75) is 44.9 Å². The number of anilines is 4. The maximum absolute atomic E-state index is 12.3. The fourth-order valence-corrected chi connectivity index (χ4v) is 4.72. The van der Waals surface area contributed by atoms with E-state index in [0.717, 1.165) is 27.9 Å². The van der Waals surface area contributed by atoms with Gasteiger partial charge in [0.1, 0.15) is 17.7 Å². The van der Waals surface area contributed by atoms with Gasteiger partial charge in [0, 0.05) is 23.2 Å². The van der Waals surface area contributed by atoms with Gasteiger partial charge in [0.05, 0.1) is 17.4 Å². The molecular formula is C25H24N6O4. The fraction of sp³-hybridized carbons (Fsp3) is 0.280. The third-order valence-electron chi connectivity index (χ3n) is 6.66. The van der Waals surface area contributed by atoms with Crippen molar-refractivity contribution in [2.75, 3.05) is 16.4 Å². The highest BCUT2D eigenvalue weighted by Crippen LogP contribution is 2.40. The number of carbonyl (C=O) groups is 2. The van der Waals surface area contributed by atoms with Crippen LogP contribution in [0.1, 0.15) is 36.6 Å². The zero-order valence-corrected chi connectivity index (χ0v) is 19.4. The number of amides is 2. The predicted octanol–water partition coefficient (Wildman–Crippen LogP) is 3.59. The van der Waals surface area contributed by atoms with Crippen molar-refractivity contribution < 1.29 is 19.1 Å². The van der Waals surface area contributed by atoms with Gasteiger partial charge in [-0.1, -0.05) is 6.07 Å². The second kappa shape index (κ2) is 7.33. The summed E-state index contributed by atoms with van der Waals surface area (Å²) in [5, 5.41) is 9.00. The highest BCUT2D eigenvalue weighted by atomic mass is 16.6. The first-order chi connectivity index (χ1) is 16.7. The Bertz CT molecular complexity index is 1420. The van der Waals surface area contributed by atoms with Crippen molar-refractivity contribution in [1.29, 1.82) is 0 Å². The third-order valence-corrected chi connectivity index (χ3v) is 6.66. The molecule has 1 aromatic heterocycles. The number of carbonyl (C=O) groups excluding carboxylic acids is 2. The number of hydrogen-bond donors (Lipinski definition) is 4. The van der Waals surface area contributed by atoms with Crippen LogP contribution in [-0.4, -0.2) is 33.7 Å². The molecule has 2 amide bonds. The van der Waals surface area contributed by atoms with Crippen molar-refractivity contribution in [3.05, 3.63) is 53.1 Å². The molecule has 3 aromatic rings. The summed E-state index contributed by atoms with van der Waals surface area (Å²) in [6.45, 7) is 5.29. The number of nitrogens with one attached hydrogen (secondary N) is 3. The van der Waals surface area contributed by atoms with Gasteiger partial charge in [0.2, 0.25) is 5.95 Å². The largest absolute Gasteiger partial charge is 0.476 e. The van der Waals surface area contributed by atoms with Gasteiger partial charge in [-0.2, -0.15) is 4.98 Å². The quantitative estimate of drug-likeness (QED) is 0.453. The van der Waals surface area contributed by atoms with Gasteiger partial charge in [-0.25, -0.2) is 9.78 Å². The summed E-state index contributed by atoms with van der Waals surface area (Å²) < 4.78 is 11.2. The van der Waals surface area contributed by atoms with Crippen molar-refractivity contribution >= 4 is 35.1 Å². The first-order valence-electron chi connectivity index (χ1n) is 11.3. The third kappa shape index (κ3) is 3.49. The number of nitrogens with zero attached hydrogens (tertiary/aromatic N) is 2. The standard InChI is InChI=1S/C25H24N6O4/c1-11-19(13-5-7-17-16(8-13)28-22(32)25(2,3)35-17)29-23(31-21(11)26)27-14-6-4-12-9-18-20(15(12)10-14)30-24(33)34-18/h4-8,10,18,20H,9H2,1-3H3,(H,28,32)(H,30,33)(H3,26,27,29,31)/t18-,20+/m1/s1. The van der Waals surface area contributed by atoms with Crippen LogP contribution in [-0.2, 0) is 16.0 Å². The number of benzene rings is 2. The maximum Gasteiger partial charge on any atom is 0.408 e. The average molecular weight is 473 g/mol. The van der Waals surface area contributed by atoms with Gasteiger partial charge >= 0.3 is 6.09 Å². The summed E-state index contributed by atoms with van der Waals surface area (Å²) in [4.78, 5) is 33.1. The number of alkyl carbamates (subject to hydrolysis) is 1. The summed E-state index contributed by atoms with van der Waals surface area (Å²) in [5.74, 6) is 1.06. The lowest BCUT2D eigenvalue weighted by atomic mass is 10.0. The van der Waals surface area contributed by atoms with Crippen LogP contribution in [0.2, 0.25) is 0 Å². The van der Waals surface area contributed by atoms with Crippen molar-refractivity contribution in [1.82, 2.24) is 15.3 Å². The molecule has 0 spiro atoms. The topological polar surface area (TPSA) is 140 Å². The Kier molecular flexibility index (Phi) is 4.44. The van der Waals surface area contributed by atoms with Crippen molar-refractivity contribution in [3.63, 3.8) is 0 Å². The minimum absolute atomic E-state index is 0.156. The Morgan fingerprint density at radius 3 is 2.80 bits per heavy atom. The van der Waals surface area contributed by atoms with Crippen LogP contribution in [0, 0.1) is 6.92 Å². The van der Waals surface area contributed by atoms with Crippen molar-refractivity contribution in [3.8, 4) is 17.0 Å². The van der Waals surface area contributed by atoms with Gasteiger partial charge in [-0.05, 0) is 62.2 Å².